The van der Waals surface area contributed by atoms with Crippen LogP contribution < -0.4 is 20.1 Å². The standard InChI is InChI=1S/C28H40N4O6/c1-17(2)12-19(14-25(33)29-16-26(34)35)30-28(36)21-15-22(27-23(37-4)10-7-11-24(27)38-5)32(31-21)20-9-6-8-18(3)13-20/h7,10-11,15,17-20H,6,8-9,12-14,16H2,1-5H3,(H,29,33)(H,30,36)(H,34,35)/t18?,19-,20?/m0/s1. The number of hydrogen-bond donors (Lipinski definition) is 3. The number of carbonyl (C=O) groups excluding carboxylic acids is 2. The van der Waals surface area contributed by atoms with Crippen LogP contribution in [0.3, 0.4) is 0 Å². The second-order valence-electron chi connectivity index (χ2n) is 10.5. The van der Waals surface area contributed by atoms with Crippen LogP contribution in [0.1, 0.15) is 75.8 Å². The van der Waals surface area contributed by atoms with Crippen molar-refractivity contribution in [2.75, 3.05) is 20.8 Å². The molecule has 10 heteroatoms. The lowest BCUT2D eigenvalue weighted by Crippen LogP contribution is -2.41. The van der Waals surface area contributed by atoms with Crippen LogP contribution in [0.4, 0.5) is 0 Å². The number of aliphatic carboxylic acids is 1. The number of rotatable bonds is 12. The van der Waals surface area contributed by atoms with Crippen LogP contribution in [0, 0.1) is 11.8 Å². The highest BCUT2D eigenvalue weighted by atomic mass is 16.5. The van der Waals surface area contributed by atoms with E-state index in [2.05, 4.69) is 17.6 Å². The number of carboxylic acids is 1. The molecule has 1 saturated carbocycles. The number of nitrogens with one attached hydrogen (secondary N) is 2. The zero-order valence-electron chi connectivity index (χ0n) is 23.0. The average molecular weight is 529 g/mol. The number of aromatic nitrogens is 2. The van der Waals surface area contributed by atoms with E-state index in [1.807, 2.05) is 36.7 Å². The Morgan fingerprint density at radius 2 is 1.84 bits per heavy atom. The first-order valence-electron chi connectivity index (χ1n) is 13.2. The number of hydrogen-bond acceptors (Lipinski definition) is 6. The van der Waals surface area contributed by atoms with Gasteiger partial charge >= 0.3 is 5.97 Å². The molecule has 2 aromatic rings. The normalized spacial score (nSPS) is 18.1. The molecule has 2 unspecified atom stereocenters. The quantitative estimate of drug-likeness (QED) is 0.379. The first kappa shape index (κ1) is 29.0. The molecule has 1 aromatic carbocycles. The number of carbonyl (C=O) groups is 3. The Labute approximate surface area is 224 Å². The molecule has 0 saturated heterocycles. The number of benzene rings is 1. The van der Waals surface area contributed by atoms with E-state index in [-0.39, 0.29) is 30.0 Å². The number of nitrogens with zero attached hydrogens (tertiary/aromatic N) is 2. The second kappa shape index (κ2) is 13.3. The molecular formula is C28H40N4O6. The second-order valence-corrected chi connectivity index (χ2v) is 10.5. The van der Waals surface area contributed by atoms with Crippen molar-refractivity contribution in [2.45, 2.75) is 71.4 Å². The van der Waals surface area contributed by atoms with Gasteiger partial charge in [0.1, 0.15) is 18.0 Å². The third kappa shape index (κ3) is 7.49. The SMILES string of the molecule is COc1cccc(OC)c1-c1cc(C(=O)N[C@H](CC(=O)NCC(=O)O)CC(C)C)nn1C1CCCC(C)C1. The van der Waals surface area contributed by atoms with Gasteiger partial charge in [-0.15, -0.1) is 0 Å². The minimum absolute atomic E-state index is 0.0226. The zero-order valence-corrected chi connectivity index (χ0v) is 23.0. The molecule has 1 aromatic heterocycles. The minimum atomic E-state index is -1.12. The molecule has 2 amide bonds. The third-order valence-corrected chi connectivity index (χ3v) is 6.87. The molecule has 3 rings (SSSR count). The highest BCUT2D eigenvalue weighted by molar-refractivity contribution is 5.94. The van der Waals surface area contributed by atoms with Crippen LogP contribution in [-0.2, 0) is 9.59 Å². The van der Waals surface area contributed by atoms with Crippen molar-refractivity contribution in [3.05, 3.63) is 30.0 Å². The van der Waals surface area contributed by atoms with E-state index >= 15 is 0 Å². The summed E-state index contributed by atoms with van der Waals surface area (Å²) in [7, 11) is 3.20. The third-order valence-electron chi connectivity index (χ3n) is 6.87. The molecular weight excluding hydrogens is 488 g/mol. The Morgan fingerprint density at radius 3 is 2.42 bits per heavy atom. The Kier molecular flexibility index (Phi) is 10.2. The predicted octanol–water partition coefficient (Wildman–Crippen LogP) is 4.05. The summed E-state index contributed by atoms with van der Waals surface area (Å²) in [6, 6.07) is 6.97. The monoisotopic (exact) mass is 528 g/mol. The molecule has 1 aliphatic carbocycles. The topological polar surface area (TPSA) is 132 Å². The van der Waals surface area contributed by atoms with Gasteiger partial charge in [0, 0.05) is 12.5 Å². The number of amides is 2. The smallest absolute Gasteiger partial charge is 0.322 e. The van der Waals surface area contributed by atoms with Crippen molar-refractivity contribution in [1.29, 1.82) is 0 Å². The van der Waals surface area contributed by atoms with Gasteiger partial charge in [0.05, 0.1) is 31.5 Å². The lowest BCUT2D eigenvalue weighted by Gasteiger charge is -2.28. The Balaban J connectivity index is 1.96. The molecule has 0 spiro atoms. The Hall–Kier alpha value is -3.56. The van der Waals surface area contributed by atoms with Crippen LogP contribution in [0.5, 0.6) is 11.5 Å². The highest BCUT2D eigenvalue weighted by Gasteiger charge is 2.29. The maximum absolute atomic E-state index is 13.5. The minimum Gasteiger partial charge on any atom is -0.496 e. The first-order chi connectivity index (χ1) is 18.1. The molecule has 208 valence electrons. The zero-order chi connectivity index (χ0) is 27.8. The first-order valence-corrected chi connectivity index (χ1v) is 13.2. The molecule has 0 bridgehead atoms. The van der Waals surface area contributed by atoms with Gasteiger partial charge in [0.25, 0.3) is 5.91 Å². The molecule has 0 radical (unpaired) electrons. The Bertz CT molecular complexity index is 1110. The summed E-state index contributed by atoms with van der Waals surface area (Å²) < 4.78 is 13.3. The Morgan fingerprint density at radius 1 is 1.16 bits per heavy atom. The molecule has 1 fully saturated rings. The van der Waals surface area contributed by atoms with Crippen LogP contribution in [-0.4, -0.2) is 59.5 Å². The molecule has 3 atom stereocenters. The van der Waals surface area contributed by atoms with Crippen LogP contribution in [0.15, 0.2) is 24.3 Å². The number of carboxylic acid groups (broad SMARTS) is 1. The van der Waals surface area contributed by atoms with E-state index in [1.165, 1.54) is 6.42 Å². The van der Waals surface area contributed by atoms with Crippen molar-refractivity contribution in [1.82, 2.24) is 20.4 Å². The van der Waals surface area contributed by atoms with Gasteiger partial charge in [-0.25, -0.2) is 0 Å². The molecule has 1 aliphatic rings. The van der Waals surface area contributed by atoms with E-state index in [9.17, 15) is 14.4 Å². The fourth-order valence-corrected chi connectivity index (χ4v) is 5.19. The van der Waals surface area contributed by atoms with E-state index < -0.39 is 24.5 Å². The average Bonchev–Trinajstić information content (AvgIpc) is 3.31. The summed E-state index contributed by atoms with van der Waals surface area (Å²) in [6.07, 6.45) is 4.69. The highest BCUT2D eigenvalue weighted by Crippen LogP contribution is 2.42. The fraction of sp³-hybridized carbons (Fsp3) is 0.571. The summed E-state index contributed by atoms with van der Waals surface area (Å²) >= 11 is 0. The van der Waals surface area contributed by atoms with Crippen molar-refractivity contribution < 1.29 is 29.0 Å². The number of methoxy groups -OCH3 is 2. The van der Waals surface area contributed by atoms with Gasteiger partial charge in [-0.2, -0.15) is 5.10 Å². The summed E-state index contributed by atoms with van der Waals surface area (Å²) in [6.45, 7) is 5.77. The van der Waals surface area contributed by atoms with Gasteiger partial charge in [-0.1, -0.05) is 39.7 Å². The van der Waals surface area contributed by atoms with E-state index in [0.717, 1.165) is 30.5 Å². The van der Waals surface area contributed by atoms with Crippen molar-refractivity contribution >= 4 is 17.8 Å². The van der Waals surface area contributed by atoms with Crippen LogP contribution in [0.2, 0.25) is 0 Å². The van der Waals surface area contributed by atoms with Gasteiger partial charge in [0.15, 0.2) is 5.69 Å². The molecule has 38 heavy (non-hydrogen) atoms. The lowest BCUT2D eigenvalue weighted by atomic mass is 9.87. The molecule has 1 heterocycles. The molecule has 3 N–H and O–H groups in total. The maximum Gasteiger partial charge on any atom is 0.322 e. The van der Waals surface area contributed by atoms with E-state index in [4.69, 9.17) is 19.7 Å². The van der Waals surface area contributed by atoms with Crippen LogP contribution in [0.25, 0.3) is 11.3 Å². The maximum atomic E-state index is 13.5. The number of ether oxygens (including phenoxy) is 2. The summed E-state index contributed by atoms with van der Waals surface area (Å²) in [5, 5.41) is 19.0. The van der Waals surface area contributed by atoms with E-state index in [0.29, 0.717) is 23.8 Å². The molecule has 10 nitrogen and oxygen atoms in total. The summed E-state index contributed by atoms with van der Waals surface area (Å²) in [5.41, 5.74) is 1.71. The largest absolute Gasteiger partial charge is 0.496 e. The van der Waals surface area contributed by atoms with Gasteiger partial charge in [-0.3, -0.25) is 19.1 Å². The van der Waals surface area contributed by atoms with Crippen molar-refractivity contribution in [3.8, 4) is 22.8 Å². The van der Waals surface area contributed by atoms with Crippen LogP contribution >= 0.6 is 0 Å². The van der Waals surface area contributed by atoms with Crippen molar-refractivity contribution in [2.24, 2.45) is 11.8 Å². The molecule has 0 aliphatic heterocycles. The lowest BCUT2D eigenvalue weighted by molar-refractivity contribution is -0.138. The van der Waals surface area contributed by atoms with Gasteiger partial charge in [0.2, 0.25) is 5.91 Å². The summed E-state index contributed by atoms with van der Waals surface area (Å²) in [5.74, 6) is 0.0523. The van der Waals surface area contributed by atoms with Crippen molar-refractivity contribution in [3.63, 3.8) is 0 Å². The fourth-order valence-electron chi connectivity index (χ4n) is 5.19. The van der Waals surface area contributed by atoms with E-state index in [1.54, 1.807) is 20.3 Å². The van der Waals surface area contributed by atoms with Gasteiger partial charge < -0.3 is 25.2 Å². The van der Waals surface area contributed by atoms with Gasteiger partial charge in [-0.05, 0) is 49.3 Å². The summed E-state index contributed by atoms with van der Waals surface area (Å²) in [4.78, 5) is 36.6. The predicted molar refractivity (Wildman–Crippen MR) is 143 cm³/mol.